The molecule has 0 unspecified atom stereocenters. The fraction of sp³-hybridized carbons (Fsp3) is 0.417. The van der Waals surface area contributed by atoms with E-state index in [2.05, 4.69) is 13.8 Å². The maximum absolute atomic E-state index is 10.8. The highest BCUT2D eigenvalue weighted by molar-refractivity contribution is 7.99. The summed E-state index contributed by atoms with van der Waals surface area (Å²) >= 11 is 1.33. The van der Waals surface area contributed by atoms with E-state index in [-0.39, 0.29) is 11.3 Å². The molecule has 6 heteroatoms. The standard InChI is InChI=1S/C12H15NO4S/c1-8(2)5-6-18-11-7-9(12(14)15)3-4-10(11)13(16)17/h3-4,7-8H,5-6H2,1-2H3,(H,14,15). The molecule has 0 amide bonds. The molecule has 1 N–H and O–H groups in total. The Morgan fingerprint density at radius 2 is 2.17 bits per heavy atom. The quantitative estimate of drug-likeness (QED) is 0.486. The number of carboxylic acid groups (broad SMARTS) is 1. The molecule has 1 aromatic carbocycles. The molecular weight excluding hydrogens is 254 g/mol. The van der Waals surface area contributed by atoms with Gasteiger partial charge in [-0.05, 0) is 30.2 Å². The summed E-state index contributed by atoms with van der Waals surface area (Å²) < 4.78 is 0. The Balaban J connectivity index is 2.93. The van der Waals surface area contributed by atoms with Crippen molar-refractivity contribution in [3.8, 4) is 0 Å². The molecule has 0 aromatic heterocycles. The van der Waals surface area contributed by atoms with Crippen molar-refractivity contribution >= 4 is 23.4 Å². The minimum atomic E-state index is -1.07. The van der Waals surface area contributed by atoms with Crippen molar-refractivity contribution in [2.75, 3.05) is 5.75 Å². The van der Waals surface area contributed by atoms with Gasteiger partial charge in [-0.2, -0.15) is 0 Å². The second-order valence-electron chi connectivity index (χ2n) is 4.28. The smallest absolute Gasteiger partial charge is 0.335 e. The number of nitro benzene ring substituents is 1. The third-order valence-electron chi connectivity index (χ3n) is 2.36. The van der Waals surface area contributed by atoms with Crippen molar-refractivity contribution in [2.45, 2.75) is 25.2 Å². The zero-order valence-corrected chi connectivity index (χ0v) is 11.1. The van der Waals surface area contributed by atoms with Gasteiger partial charge < -0.3 is 5.11 Å². The summed E-state index contributed by atoms with van der Waals surface area (Å²) in [6.07, 6.45) is 0.930. The lowest BCUT2D eigenvalue weighted by atomic mass is 10.2. The zero-order valence-electron chi connectivity index (χ0n) is 10.3. The SMILES string of the molecule is CC(C)CCSc1cc(C(=O)O)ccc1[N+](=O)[O-]. The number of benzene rings is 1. The number of nitrogens with zero attached hydrogens (tertiary/aromatic N) is 1. The minimum absolute atomic E-state index is 0.0336. The molecule has 0 bridgehead atoms. The van der Waals surface area contributed by atoms with Gasteiger partial charge in [0.1, 0.15) is 0 Å². The fourth-order valence-electron chi connectivity index (χ4n) is 1.32. The van der Waals surface area contributed by atoms with Gasteiger partial charge in [-0.15, -0.1) is 11.8 Å². The van der Waals surface area contributed by atoms with Crippen LogP contribution in [0.15, 0.2) is 23.1 Å². The predicted octanol–water partition coefficient (Wildman–Crippen LogP) is 3.43. The van der Waals surface area contributed by atoms with Crippen molar-refractivity contribution in [3.05, 3.63) is 33.9 Å². The Morgan fingerprint density at radius 3 is 2.67 bits per heavy atom. The number of carboxylic acids is 1. The fourth-order valence-corrected chi connectivity index (χ4v) is 2.63. The third kappa shape index (κ3) is 4.03. The Hall–Kier alpha value is -1.56. The van der Waals surface area contributed by atoms with Crippen molar-refractivity contribution in [3.63, 3.8) is 0 Å². The number of rotatable bonds is 6. The number of hydrogen-bond acceptors (Lipinski definition) is 4. The molecule has 0 radical (unpaired) electrons. The summed E-state index contributed by atoms with van der Waals surface area (Å²) in [5.41, 5.74) is 0.0430. The molecule has 0 atom stereocenters. The summed E-state index contributed by atoms with van der Waals surface area (Å²) in [6, 6.07) is 3.87. The normalized spacial score (nSPS) is 10.6. The monoisotopic (exact) mass is 269 g/mol. The number of carbonyl (C=O) groups is 1. The van der Waals surface area contributed by atoms with Crippen LogP contribution in [0.25, 0.3) is 0 Å². The van der Waals surface area contributed by atoms with Crippen LogP contribution in [0, 0.1) is 16.0 Å². The van der Waals surface area contributed by atoms with Crippen LogP contribution >= 0.6 is 11.8 Å². The van der Waals surface area contributed by atoms with Crippen LogP contribution in [0.4, 0.5) is 5.69 Å². The number of thioether (sulfide) groups is 1. The molecule has 18 heavy (non-hydrogen) atoms. The highest BCUT2D eigenvalue weighted by Crippen LogP contribution is 2.31. The van der Waals surface area contributed by atoms with Crippen LogP contribution in [-0.4, -0.2) is 21.8 Å². The van der Waals surface area contributed by atoms with Crippen molar-refractivity contribution in [1.29, 1.82) is 0 Å². The maximum atomic E-state index is 10.8. The lowest BCUT2D eigenvalue weighted by molar-refractivity contribution is -0.387. The van der Waals surface area contributed by atoms with Gasteiger partial charge >= 0.3 is 5.97 Å². The topological polar surface area (TPSA) is 80.4 Å². The summed E-state index contributed by atoms with van der Waals surface area (Å²) in [5.74, 6) is 0.177. The van der Waals surface area contributed by atoms with Gasteiger partial charge in [-0.3, -0.25) is 10.1 Å². The molecule has 5 nitrogen and oxygen atoms in total. The molecule has 0 heterocycles. The Morgan fingerprint density at radius 1 is 1.50 bits per heavy atom. The number of aromatic carboxylic acids is 1. The predicted molar refractivity (Wildman–Crippen MR) is 70.2 cm³/mol. The number of nitro groups is 1. The van der Waals surface area contributed by atoms with Crippen LogP contribution in [0.2, 0.25) is 0 Å². The molecule has 0 saturated heterocycles. The largest absolute Gasteiger partial charge is 0.478 e. The average molecular weight is 269 g/mol. The first kappa shape index (κ1) is 14.5. The highest BCUT2D eigenvalue weighted by atomic mass is 32.2. The molecular formula is C12H15NO4S. The van der Waals surface area contributed by atoms with Crippen LogP contribution in [0.1, 0.15) is 30.6 Å². The van der Waals surface area contributed by atoms with Crippen molar-refractivity contribution < 1.29 is 14.8 Å². The summed E-state index contributed by atoms with van der Waals surface area (Å²) in [6.45, 7) is 4.14. The van der Waals surface area contributed by atoms with Gasteiger partial charge in [0.15, 0.2) is 0 Å². The molecule has 0 aliphatic rings. The lowest BCUT2D eigenvalue weighted by Crippen LogP contribution is -1.99. The molecule has 1 aromatic rings. The summed E-state index contributed by atoms with van der Waals surface area (Å²) in [7, 11) is 0. The Labute approximate surface area is 109 Å². The maximum Gasteiger partial charge on any atom is 0.335 e. The number of hydrogen-bond donors (Lipinski definition) is 1. The van der Waals surface area contributed by atoms with Crippen molar-refractivity contribution in [1.82, 2.24) is 0 Å². The first-order valence-electron chi connectivity index (χ1n) is 5.56. The van der Waals surface area contributed by atoms with Gasteiger partial charge in [-0.1, -0.05) is 13.8 Å². The van der Waals surface area contributed by atoms with Crippen LogP contribution in [0.5, 0.6) is 0 Å². The summed E-state index contributed by atoms with van der Waals surface area (Å²) in [5, 5.41) is 19.7. The first-order valence-corrected chi connectivity index (χ1v) is 6.55. The van der Waals surface area contributed by atoms with Crippen LogP contribution < -0.4 is 0 Å². The summed E-state index contributed by atoms with van der Waals surface area (Å²) in [4.78, 5) is 21.6. The lowest BCUT2D eigenvalue weighted by Gasteiger charge is -2.06. The van der Waals surface area contributed by atoms with E-state index in [4.69, 9.17) is 5.11 Å². The van der Waals surface area contributed by atoms with E-state index in [1.165, 1.54) is 30.0 Å². The minimum Gasteiger partial charge on any atom is -0.478 e. The molecule has 98 valence electrons. The van der Waals surface area contributed by atoms with Gasteiger partial charge in [0.25, 0.3) is 5.69 Å². The average Bonchev–Trinajstić information content (AvgIpc) is 2.27. The van der Waals surface area contributed by atoms with E-state index in [1.54, 1.807) is 0 Å². The van der Waals surface area contributed by atoms with Gasteiger partial charge in [0, 0.05) is 6.07 Å². The van der Waals surface area contributed by atoms with Crippen molar-refractivity contribution in [2.24, 2.45) is 5.92 Å². The zero-order chi connectivity index (χ0) is 13.7. The van der Waals surface area contributed by atoms with E-state index >= 15 is 0 Å². The third-order valence-corrected chi connectivity index (χ3v) is 3.43. The second-order valence-corrected chi connectivity index (χ2v) is 5.41. The van der Waals surface area contributed by atoms with Gasteiger partial charge in [0.05, 0.1) is 15.4 Å². The van der Waals surface area contributed by atoms with E-state index in [9.17, 15) is 14.9 Å². The Bertz CT molecular complexity index is 459. The molecule has 0 aliphatic carbocycles. The van der Waals surface area contributed by atoms with Crippen LogP contribution in [0.3, 0.4) is 0 Å². The van der Waals surface area contributed by atoms with Crippen LogP contribution in [-0.2, 0) is 0 Å². The first-order chi connectivity index (χ1) is 8.41. The molecule has 0 aliphatic heterocycles. The van der Waals surface area contributed by atoms with E-state index < -0.39 is 10.9 Å². The van der Waals surface area contributed by atoms with E-state index in [0.717, 1.165) is 12.2 Å². The second kappa shape index (κ2) is 6.39. The van der Waals surface area contributed by atoms with E-state index in [1.807, 2.05) is 0 Å². The van der Waals surface area contributed by atoms with Gasteiger partial charge in [-0.25, -0.2) is 4.79 Å². The van der Waals surface area contributed by atoms with Gasteiger partial charge in [0.2, 0.25) is 0 Å². The van der Waals surface area contributed by atoms with E-state index in [0.29, 0.717) is 10.8 Å². The highest BCUT2D eigenvalue weighted by Gasteiger charge is 2.16. The molecule has 0 fully saturated rings. The molecule has 0 saturated carbocycles. The molecule has 0 spiro atoms. The molecule has 1 rings (SSSR count). The Kier molecular flexibility index (Phi) is 5.15.